The number of fused-ring (bicyclic) bond motifs is 2. The molecule has 0 aliphatic heterocycles. The molecule has 21 heavy (non-hydrogen) atoms. The first-order chi connectivity index (χ1) is 10.0. The Hall–Kier alpha value is -0.390. The summed E-state index contributed by atoms with van der Waals surface area (Å²) in [6.45, 7) is 1.89. The molecule has 2 saturated carbocycles. The van der Waals surface area contributed by atoms with Crippen LogP contribution in [-0.4, -0.2) is 35.3 Å². The van der Waals surface area contributed by atoms with E-state index in [2.05, 4.69) is 44.7 Å². The van der Waals surface area contributed by atoms with Crippen molar-refractivity contribution in [2.45, 2.75) is 44.7 Å². The molecule has 2 fully saturated rings. The molecule has 0 aromatic carbocycles. The molecular weight excluding hydrogens is 328 g/mol. The first kappa shape index (κ1) is 15.5. The van der Waals surface area contributed by atoms with Gasteiger partial charge in [-0.1, -0.05) is 6.42 Å². The summed E-state index contributed by atoms with van der Waals surface area (Å²) in [5.74, 6) is 2.77. The highest BCUT2D eigenvalue weighted by Crippen LogP contribution is 2.50. The molecule has 1 aromatic rings. The highest BCUT2D eigenvalue weighted by Gasteiger charge is 2.40. The van der Waals surface area contributed by atoms with Gasteiger partial charge in [-0.2, -0.15) is 5.10 Å². The van der Waals surface area contributed by atoms with Gasteiger partial charge in [0.1, 0.15) is 0 Å². The van der Waals surface area contributed by atoms with Gasteiger partial charge in [-0.05, 0) is 73.5 Å². The summed E-state index contributed by atoms with van der Waals surface area (Å²) in [5.41, 5.74) is 7.73. The Kier molecular flexibility index (Phi) is 4.71. The molecule has 0 spiro atoms. The lowest BCUT2D eigenvalue weighted by molar-refractivity contribution is 0.289. The molecule has 2 aliphatic rings. The minimum atomic E-state index is 0.105. The third-order valence-electron chi connectivity index (χ3n) is 5.38. The van der Waals surface area contributed by atoms with E-state index in [1.165, 1.54) is 31.4 Å². The average molecular weight is 355 g/mol. The lowest BCUT2D eigenvalue weighted by Gasteiger charge is -2.25. The maximum atomic E-state index is 6.55. The minimum Gasteiger partial charge on any atom is -0.323 e. The highest BCUT2D eigenvalue weighted by atomic mass is 79.9. The maximum absolute atomic E-state index is 6.55. The van der Waals surface area contributed by atoms with Gasteiger partial charge in [0.2, 0.25) is 0 Å². The fourth-order valence-electron chi connectivity index (χ4n) is 4.32. The van der Waals surface area contributed by atoms with Crippen molar-refractivity contribution in [1.82, 2.24) is 14.7 Å². The van der Waals surface area contributed by atoms with Crippen molar-refractivity contribution >= 4 is 15.9 Å². The van der Waals surface area contributed by atoms with Gasteiger partial charge in [-0.25, -0.2) is 0 Å². The van der Waals surface area contributed by atoms with Crippen molar-refractivity contribution in [2.75, 3.05) is 20.6 Å². The summed E-state index contributed by atoms with van der Waals surface area (Å²) in [6, 6.07) is 0.105. The molecule has 3 rings (SSSR count). The van der Waals surface area contributed by atoms with Crippen LogP contribution in [0.3, 0.4) is 0 Å². The molecule has 4 unspecified atom stereocenters. The SMILES string of the molecule is CN(C)CCn1ncc(Br)c1C(N)CC1CC2CCC1C2. The fraction of sp³-hybridized carbons (Fsp3) is 0.812. The largest absolute Gasteiger partial charge is 0.323 e. The van der Waals surface area contributed by atoms with E-state index in [-0.39, 0.29) is 6.04 Å². The van der Waals surface area contributed by atoms with E-state index in [4.69, 9.17) is 5.73 Å². The zero-order chi connectivity index (χ0) is 15.0. The van der Waals surface area contributed by atoms with E-state index in [1.807, 2.05) is 6.20 Å². The second-order valence-electron chi connectivity index (χ2n) is 7.18. The van der Waals surface area contributed by atoms with Crippen molar-refractivity contribution in [2.24, 2.45) is 23.5 Å². The molecule has 2 bridgehead atoms. The number of nitrogens with zero attached hydrogens (tertiary/aromatic N) is 3. The summed E-state index contributed by atoms with van der Waals surface area (Å²) in [6.07, 6.45) is 8.77. The topological polar surface area (TPSA) is 47.1 Å². The van der Waals surface area contributed by atoms with E-state index < -0.39 is 0 Å². The first-order valence-electron chi connectivity index (χ1n) is 8.16. The van der Waals surface area contributed by atoms with Gasteiger partial charge in [0, 0.05) is 12.6 Å². The van der Waals surface area contributed by atoms with Crippen LogP contribution < -0.4 is 5.73 Å². The minimum absolute atomic E-state index is 0.105. The van der Waals surface area contributed by atoms with Crippen LogP contribution in [0, 0.1) is 17.8 Å². The second-order valence-corrected chi connectivity index (χ2v) is 8.04. The Morgan fingerprint density at radius 2 is 2.24 bits per heavy atom. The number of halogens is 1. The molecule has 0 amide bonds. The molecule has 2 aliphatic carbocycles. The predicted molar refractivity (Wildman–Crippen MR) is 89.0 cm³/mol. The molecule has 5 heteroatoms. The molecule has 0 saturated heterocycles. The molecule has 2 N–H and O–H groups in total. The monoisotopic (exact) mass is 354 g/mol. The van der Waals surface area contributed by atoms with Crippen LogP contribution in [-0.2, 0) is 6.54 Å². The smallest absolute Gasteiger partial charge is 0.0694 e. The fourth-order valence-corrected chi connectivity index (χ4v) is 4.91. The number of likely N-dealkylation sites (N-methyl/N-ethyl adjacent to an activating group) is 1. The summed E-state index contributed by atoms with van der Waals surface area (Å²) in [4.78, 5) is 2.18. The van der Waals surface area contributed by atoms with Gasteiger partial charge < -0.3 is 10.6 Å². The number of hydrogen-bond acceptors (Lipinski definition) is 3. The molecule has 0 radical (unpaired) electrons. The molecule has 4 atom stereocenters. The normalized spacial score (nSPS) is 29.5. The van der Waals surface area contributed by atoms with E-state index in [0.717, 1.165) is 41.7 Å². The Morgan fingerprint density at radius 1 is 1.43 bits per heavy atom. The van der Waals surface area contributed by atoms with Gasteiger partial charge in [0.05, 0.1) is 22.9 Å². The summed E-state index contributed by atoms with van der Waals surface area (Å²) in [7, 11) is 4.18. The third-order valence-corrected chi connectivity index (χ3v) is 6.00. The van der Waals surface area contributed by atoms with Gasteiger partial charge in [-0.15, -0.1) is 0 Å². The number of hydrogen-bond donors (Lipinski definition) is 1. The van der Waals surface area contributed by atoms with Gasteiger partial charge in [-0.3, -0.25) is 4.68 Å². The lowest BCUT2D eigenvalue weighted by atomic mass is 9.84. The standard InChI is InChI=1S/C16H27BrN4/c1-20(2)5-6-21-16(14(17)10-19-21)15(18)9-13-8-11-3-4-12(13)7-11/h10-13,15H,3-9,18H2,1-2H3. The van der Waals surface area contributed by atoms with E-state index in [0.29, 0.717) is 0 Å². The van der Waals surface area contributed by atoms with Crippen molar-refractivity contribution in [3.63, 3.8) is 0 Å². The van der Waals surface area contributed by atoms with Crippen LogP contribution in [0.1, 0.15) is 43.8 Å². The third kappa shape index (κ3) is 3.35. The predicted octanol–water partition coefficient (Wildman–Crippen LogP) is 3.03. The van der Waals surface area contributed by atoms with Gasteiger partial charge in [0.25, 0.3) is 0 Å². The molecule has 1 aromatic heterocycles. The summed E-state index contributed by atoms with van der Waals surface area (Å²) < 4.78 is 3.15. The summed E-state index contributed by atoms with van der Waals surface area (Å²) in [5, 5.41) is 4.49. The van der Waals surface area contributed by atoms with Crippen LogP contribution in [0.4, 0.5) is 0 Å². The van der Waals surface area contributed by atoms with Crippen molar-refractivity contribution in [1.29, 1.82) is 0 Å². The van der Waals surface area contributed by atoms with Crippen molar-refractivity contribution < 1.29 is 0 Å². The first-order valence-corrected chi connectivity index (χ1v) is 8.95. The van der Waals surface area contributed by atoms with Gasteiger partial charge in [0.15, 0.2) is 0 Å². The Morgan fingerprint density at radius 3 is 2.86 bits per heavy atom. The Balaban J connectivity index is 1.66. The molecule has 118 valence electrons. The number of rotatable bonds is 6. The van der Waals surface area contributed by atoms with Crippen molar-refractivity contribution in [3.8, 4) is 0 Å². The number of nitrogens with two attached hydrogens (primary N) is 1. The molecular formula is C16H27BrN4. The molecule has 1 heterocycles. The molecule has 4 nitrogen and oxygen atoms in total. The maximum Gasteiger partial charge on any atom is 0.0694 e. The lowest BCUT2D eigenvalue weighted by Crippen LogP contribution is -2.25. The van der Waals surface area contributed by atoms with Crippen molar-refractivity contribution in [3.05, 3.63) is 16.4 Å². The van der Waals surface area contributed by atoms with Crippen LogP contribution in [0.25, 0.3) is 0 Å². The Bertz CT molecular complexity index is 485. The quantitative estimate of drug-likeness (QED) is 0.853. The number of aromatic nitrogens is 2. The van der Waals surface area contributed by atoms with E-state index >= 15 is 0 Å². The average Bonchev–Trinajstić information content (AvgIpc) is 3.11. The van der Waals surface area contributed by atoms with Gasteiger partial charge >= 0.3 is 0 Å². The van der Waals surface area contributed by atoms with Crippen LogP contribution >= 0.6 is 15.9 Å². The Labute approximate surface area is 136 Å². The van der Waals surface area contributed by atoms with E-state index in [1.54, 1.807) is 0 Å². The van der Waals surface area contributed by atoms with Crippen LogP contribution in [0.5, 0.6) is 0 Å². The van der Waals surface area contributed by atoms with Crippen LogP contribution in [0.2, 0.25) is 0 Å². The van der Waals surface area contributed by atoms with Crippen LogP contribution in [0.15, 0.2) is 10.7 Å². The summed E-state index contributed by atoms with van der Waals surface area (Å²) >= 11 is 3.64. The second kappa shape index (κ2) is 6.39. The highest BCUT2D eigenvalue weighted by molar-refractivity contribution is 9.10. The van der Waals surface area contributed by atoms with E-state index in [9.17, 15) is 0 Å². The zero-order valence-electron chi connectivity index (χ0n) is 13.1. The zero-order valence-corrected chi connectivity index (χ0v) is 14.7.